The first-order valence-corrected chi connectivity index (χ1v) is 9.87. The molecular weight excluding hydrogens is 354 g/mol. The summed E-state index contributed by atoms with van der Waals surface area (Å²) < 4.78 is 1.88. The highest BCUT2D eigenvalue weighted by atomic mass is 16.2. The number of carbonyl (C=O) groups is 2. The quantitative estimate of drug-likeness (QED) is 0.804. The fourth-order valence-electron chi connectivity index (χ4n) is 3.46. The first-order chi connectivity index (χ1) is 13.4. The van der Waals surface area contributed by atoms with Crippen LogP contribution in [-0.2, 0) is 11.3 Å². The largest absolute Gasteiger partial charge is 0.336 e. The molecule has 1 unspecified atom stereocenters. The van der Waals surface area contributed by atoms with Gasteiger partial charge in [-0.15, -0.1) is 0 Å². The molecule has 2 amide bonds. The number of hydrogen-bond acceptors (Lipinski definition) is 4. The zero-order valence-electron chi connectivity index (χ0n) is 16.8. The number of nitrogens with one attached hydrogen (secondary N) is 2. The van der Waals surface area contributed by atoms with E-state index < -0.39 is 0 Å². The molecule has 2 N–H and O–H groups in total. The van der Waals surface area contributed by atoms with Gasteiger partial charge in [0.2, 0.25) is 5.91 Å². The molecule has 1 aromatic heterocycles. The van der Waals surface area contributed by atoms with Gasteiger partial charge in [-0.2, -0.15) is 5.10 Å². The molecule has 0 bridgehead atoms. The average Bonchev–Trinajstić information content (AvgIpc) is 3.18. The molecule has 28 heavy (non-hydrogen) atoms. The Morgan fingerprint density at radius 1 is 1.29 bits per heavy atom. The Morgan fingerprint density at radius 2 is 2.04 bits per heavy atom. The summed E-state index contributed by atoms with van der Waals surface area (Å²) in [5, 5.41) is 10.7. The third-order valence-electron chi connectivity index (χ3n) is 5.08. The number of benzene rings is 1. The molecule has 0 radical (unpaired) electrons. The van der Waals surface area contributed by atoms with E-state index in [1.807, 2.05) is 49.0 Å². The van der Waals surface area contributed by atoms with E-state index in [-0.39, 0.29) is 17.9 Å². The molecule has 0 spiro atoms. The number of nitrogens with zero attached hydrogens (tertiary/aromatic N) is 3. The molecule has 7 heteroatoms. The van der Waals surface area contributed by atoms with Crippen LogP contribution in [0.3, 0.4) is 0 Å². The van der Waals surface area contributed by atoms with Gasteiger partial charge in [-0.25, -0.2) is 0 Å². The third kappa shape index (κ3) is 4.98. The standard InChI is InChI=1S/C21H29N5O2/c1-15(2)25(16(3)27)14-17-6-8-18(9-7-17)23-21(28)20-10-12-26(24-20)19-5-4-11-22-13-19/h6-10,12,15,19,22H,4-5,11,13-14H2,1-3H3,(H,23,28). The van der Waals surface area contributed by atoms with Crippen molar-refractivity contribution < 1.29 is 9.59 Å². The molecule has 3 rings (SSSR count). The van der Waals surface area contributed by atoms with Gasteiger partial charge in [0.05, 0.1) is 6.04 Å². The maximum atomic E-state index is 12.5. The monoisotopic (exact) mass is 383 g/mol. The van der Waals surface area contributed by atoms with Crippen molar-refractivity contribution in [2.24, 2.45) is 0 Å². The fourth-order valence-corrected chi connectivity index (χ4v) is 3.46. The van der Waals surface area contributed by atoms with E-state index in [0.29, 0.717) is 24.0 Å². The van der Waals surface area contributed by atoms with Crippen LogP contribution < -0.4 is 10.6 Å². The molecule has 2 heterocycles. The maximum Gasteiger partial charge on any atom is 0.276 e. The van der Waals surface area contributed by atoms with Crippen molar-refractivity contribution in [3.63, 3.8) is 0 Å². The van der Waals surface area contributed by atoms with Gasteiger partial charge in [-0.3, -0.25) is 14.3 Å². The second-order valence-corrected chi connectivity index (χ2v) is 7.57. The Hall–Kier alpha value is -2.67. The van der Waals surface area contributed by atoms with E-state index in [0.717, 1.165) is 31.5 Å². The summed E-state index contributed by atoms with van der Waals surface area (Å²) in [6.07, 6.45) is 4.07. The van der Waals surface area contributed by atoms with Crippen LogP contribution in [0.2, 0.25) is 0 Å². The Balaban J connectivity index is 1.60. The van der Waals surface area contributed by atoms with Crippen molar-refractivity contribution in [1.82, 2.24) is 20.0 Å². The molecule has 1 atom stereocenters. The van der Waals surface area contributed by atoms with E-state index in [4.69, 9.17) is 0 Å². The lowest BCUT2D eigenvalue weighted by molar-refractivity contribution is -0.131. The van der Waals surface area contributed by atoms with Crippen LogP contribution >= 0.6 is 0 Å². The molecule has 2 aromatic rings. The van der Waals surface area contributed by atoms with Crippen LogP contribution in [0.5, 0.6) is 0 Å². The Bertz CT molecular complexity index is 806. The lowest BCUT2D eigenvalue weighted by atomic mass is 10.1. The number of hydrogen-bond donors (Lipinski definition) is 2. The highest BCUT2D eigenvalue weighted by molar-refractivity contribution is 6.02. The van der Waals surface area contributed by atoms with E-state index in [2.05, 4.69) is 15.7 Å². The van der Waals surface area contributed by atoms with E-state index in [1.165, 1.54) is 0 Å². The first-order valence-electron chi connectivity index (χ1n) is 9.87. The SMILES string of the molecule is CC(=O)N(Cc1ccc(NC(=O)c2ccn(C3CCCNC3)n2)cc1)C(C)C. The molecule has 1 aliphatic rings. The van der Waals surface area contributed by atoms with Gasteiger partial charge in [0, 0.05) is 37.9 Å². The van der Waals surface area contributed by atoms with Crippen molar-refractivity contribution in [1.29, 1.82) is 0 Å². The summed E-state index contributed by atoms with van der Waals surface area (Å²) in [6, 6.07) is 9.78. The number of anilines is 1. The normalized spacial score (nSPS) is 16.8. The number of aromatic nitrogens is 2. The van der Waals surface area contributed by atoms with Crippen LogP contribution in [0.1, 0.15) is 55.7 Å². The Morgan fingerprint density at radius 3 is 2.64 bits per heavy atom. The van der Waals surface area contributed by atoms with E-state index in [1.54, 1.807) is 17.9 Å². The summed E-state index contributed by atoms with van der Waals surface area (Å²) >= 11 is 0. The third-order valence-corrected chi connectivity index (χ3v) is 5.08. The molecule has 0 saturated carbocycles. The summed E-state index contributed by atoms with van der Waals surface area (Å²) in [5.74, 6) is -0.168. The topological polar surface area (TPSA) is 79.3 Å². The first kappa shape index (κ1) is 20.1. The van der Waals surface area contributed by atoms with Gasteiger partial charge >= 0.3 is 0 Å². The molecule has 1 aromatic carbocycles. The fraction of sp³-hybridized carbons (Fsp3) is 0.476. The number of piperidine rings is 1. The zero-order valence-corrected chi connectivity index (χ0v) is 16.8. The number of carbonyl (C=O) groups excluding carboxylic acids is 2. The van der Waals surface area contributed by atoms with Crippen molar-refractivity contribution in [2.45, 2.75) is 52.2 Å². The van der Waals surface area contributed by atoms with E-state index in [9.17, 15) is 9.59 Å². The minimum absolute atomic E-state index is 0.0520. The van der Waals surface area contributed by atoms with Gasteiger partial charge in [-0.05, 0) is 57.0 Å². The number of amides is 2. The lowest BCUT2D eigenvalue weighted by Crippen LogP contribution is -2.34. The predicted molar refractivity (Wildman–Crippen MR) is 109 cm³/mol. The second kappa shape index (κ2) is 9.01. The predicted octanol–water partition coefficient (Wildman–Crippen LogP) is 2.82. The zero-order chi connectivity index (χ0) is 20.1. The van der Waals surface area contributed by atoms with Crippen LogP contribution in [-0.4, -0.2) is 45.6 Å². The molecule has 7 nitrogen and oxygen atoms in total. The lowest BCUT2D eigenvalue weighted by Gasteiger charge is -2.25. The van der Waals surface area contributed by atoms with E-state index >= 15 is 0 Å². The minimum atomic E-state index is -0.220. The van der Waals surface area contributed by atoms with Crippen molar-refractivity contribution in [3.8, 4) is 0 Å². The van der Waals surface area contributed by atoms with Gasteiger partial charge in [0.25, 0.3) is 5.91 Å². The van der Waals surface area contributed by atoms with Crippen molar-refractivity contribution in [2.75, 3.05) is 18.4 Å². The van der Waals surface area contributed by atoms with Crippen LogP contribution in [0, 0.1) is 0 Å². The summed E-state index contributed by atoms with van der Waals surface area (Å²) in [6.45, 7) is 8.06. The van der Waals surface area contributed by atoms with Crippen LogP contribution in [0.25, 0.3) is 0 Å². The van der Waals surface area contributed by atoms with Crippen molar-refractivity contribution in [3.05, 3.63) is 47.8 Å². The molecule has 1 fully saturated rings. The van der Waals surface area contributed by atoms with Gasteiger partial charge < -0.3 is 15.5 Å². The Kier molecular flexibility index (Phi) is 6.46. The van der Waals surface area contributed by atoms with Gasteiger partial charge in [0.1, 0.15) is 0 Å². The van der Waals surface area contributed by atoms with Gasteiger partial charge in [0.15, 0.2) is 5.69 Å². The highest BCUT2D eigenvalue weighted by Crippen LogP contribution is 2.17. The van der Waals surface area contributed by atoms with Gasteiger partial charge in [-0.1, -0.05) is 12.1 Å². The number of rotatable bonds is 6. The smallest absolute Gasteiger partial charge is 0.276 e. The molecule has 1 saturated heterocycles. The molecule has 1 aliphatic heterocycles. The van der Waals surface area contributed by atoms with Crippen molar-refractivity contribution >= 4 is 17.5 Å². The summed E-state index contributed by atoms with van der Waals surface area (Å²) in [5.41, 5.74) is 2.15. The summed E-state index contributed by atoms with van der Waals surface area (Å²) in [7, 11) is 0. The molecular formula is C21H29N5O2. The second-order valence-electron chi connectivity index (χ2n) is 7.57. The highest BCUT2D eigenvalue weighted by Gasteiger charge is 2.18. The molecule has 150 valence electrons. The van der Waals surface area contributed by atoms with Crippen LogP contribution in [0.15, 0.2) is 36.5 Å². The maximum absolute atomic E-state index is 12.5. The van der Waals surface area contributed by atoms with Crippen LogP contribution in [0.4, 0.5) is 5.69 Å². The molecule has 0 aliphatic carbocycles. The summed E-state index contributed by atoms with van der Waals surface area (Å²) in [4.78, 5) is 26.0. The Labute approximate surface area is 166 Å². The minimum Gasteiger partial charge on any atom is -0.336 e. The average molecular weight is 383 g/mol.